The minimum absolute atomic E-state index is 0.174. The summed E-state index contributed by atoms with van der Waals surface area (Å²) in [7, 11) is 0. The molecule has 1 aromatic carbocycles. The minimum atomic E-state index is -0.543. The van der Waals surface area contributed by atoms with E-state index >= 15 is 0 Å². The van der Waals surface area contributed by atoms with E-state index in [0.29, 0.717) is 18.9 Å². The first-order chi connectivity index (χ1) is 10.4. The van der Waals surface area contributed by atoms with Crippen LogP contribution in [-0.2, 0) is 9.53 Å². The van der Waals surface area contributed by atoms with Crippen LogP contribution in [-0.4, -0.2) is 48.7 Å². The second-order valence-corrected chi connectivity index (χ2v) is 5.60. The summed E-state index contributed by atoms with van der Waals surface area (Å²) in [6, 6.07) is 5.42. The van der Waals surface area contributed by atoms with E-state index in [4.69, 9.17) is 9.47 Å². The minimum Gasteiger partial charge on any atom is -0.484 e. The van der Waals surface area contributed by atoms with Crippen LogP contribution in [0.3, 0.4) is 0 Å². The molecular formula is C15H19FN2O4. The maximum absolute atomic E-state index is 12.7. The highest BCUT2D eigenvalue weighted by atomic mass is 19.1. The largest absolute Gasteiger partial charge is 0.484 e. The molecule has 0 bridgehead atoms. The smallest absolute Gasteiger partial charge is 0.410 e. The fraction of sp³-hybridized carbons (Fsp3) is 0.467. The van der Waals surface area contributed by atoms with Crippen LogP contribution in [0.2, 0.25) is 0 Å². The quantitative estimate of drug-likeness (QED) is 0.865. The molecule has 120 valence electrons. The molecule has 1 N–H and O–H groups in total. The van der Waals surface area contributed by atoms with E-state index in [0.717, 1.165) is 0 Å². The van der Waals surface area contributed by atoms with Crippen molar-refractivity contribution < 1.29 is 23.5 Å². The van der Waals surface area contributed by atoms with Crippen molar-refractivity contribution in [3.63, 3.8) is 0 Å². The number of cyclic esters (lactones) is 1. The second kappa shape index (κ2) is 6.64. The van der Waals surface area contributed by atoms with E-state index in [9.17, 15) is 14.0 Å². The number of hydrogen-bond donors (Lipinski definition) is 1. The van der Waals surface area contributed by atoms with Crippen molar-refractivity contribution in [3.8, 4) is 5.75 Å². The molecule has 0 aliphatic carbocycles. The molecule has 1 saturated heterocycles. The van der Waals surface area contributed by atoms with Crippen molar-refractivity contribution in [2.45, 2.75) is 19.4 Å². The monoisotopic (exact) mass is 310 g/mol. The average molecular weight is 310 g/mol. The van der Waals surface area contributed by atoms with Crippen molar-refractivity contribution in [1.82, 2.24) is 10.2 Å². The number of carbonyl (C=O) groups excluding carboxylic acids is 2. The number of nitrogens with one attached hydrogen (secondary N) is 1. The van der Waals surface area contributed by atoms with Crippen molar-refractivity contribution in [3.05, 3.63) is 30.1 Å². The molecule has 2 rings (SSSR count). The fourth-order valence-corrected chi connectivity index (χ4v) is 2.08. The summed E-state index contributed by atoms with van der Waals surface area (Å²) in [6.45, 7) is 4.68. The van der Waals surface area contributed by atoms with Gasteiger partial charge in [-0.2, -0.15) is 0 Å². The van der Waals surface area contributed by atoms with Gasteiger partial charge in [0.1, 0.15) is 18.2 Å². The van der Waals surface area contributed by atoms with E-state index in [1.807, 2.05) is 13.8 Å². The Morgan fingerprint density at radius 3 is 2.68 bits per heavy atom. The number of hydrogen-bond acceptors (Lipinski definition) is 4. The average Bonchev–Trinajstić information content (AvgIpc) is 2.92. The van der Waals surface area contributed by atoms with Crippen molar-refractivity contribution >= 4 is 12.0 Å². The van der Waals surface area contributed by atoms with Crippen LogP contribution in [0, 0.1) is 5.82 Å². The van der Waals surface area contributed by atoms with E-state index in [1.165, 1.54) is 24.3 Å². The maximum atomic E-state index is 12.7. The van der Waals surface area contributed by atoms with Gasteiger partial charge in [-0.25, -0.2) is 9.18 Å². The summed E-state index contributed by atoms with van der Waals surface area (Å²) in [5.41, 5.74) is -0.543. The van der Waals surface area contributed by atoms with Gasteiger partial charge in [-0.05, 0) is 38.1 Å². The van der Waals surface area contributed by atoms with Crippen LogP contribution in [0.15, 0.2) is 24.3 Å². The number of rotatable bonds is 6. The molecule has 7 heteroatoms. The molecule has 1 aromatic rings. The van der Waals surface area contributed by atoms with Gasteiger partial charge in [0.05, 0.1) is 12.1 Å². The normalized spacial score (nSPS) is 14.7. The van der Waals surface area contributed by atoms with E-state index < -0.39 is 5.54 Å². The topological polar surface area (TPSA) is 67.9 Å². The molecule has 1 aliphatic heterocycles. The molecule has 1 aliphatic rings. The molecular weight excluding hydrogens is 291 g/mol. The fourth-order valence-electron chi connectivity index (χ4n) is 2.08. The van der Waals surface area contributed by atoms with E-state index in [-0.39, 0.29) is 31.0 Å². The number of benzene rings is 1. The van der Waals surface area contributed by atoms with Crippen LogP contribution in [0.1, 0.15) is 13.8 Å². The van der Waals surface area contributed by atoms with E-state index in [2.05, 4.69) is 5.32 Å². The van der Waals surface area contributed by atoms with Crippen LogP contribution in [0.4, 0.5) is 9.18 Å². The Morgan fingerprint density at radius 2 is 2.09 bits per heavy atom. The van der Waals surface area contributed by atoms with Gasteiger partial charge < -0.3 is 14.8 Å². The summed E-state index contributed by atoms with van der Waals surface area (Å²) >= 11 is 0. The lowest BCUT2D eigenvalue weighted by Crippen LogP contribution is -2.52. The molecule has 1 heterocycles. The van der Waals surface area contributed by atoms with Crippen molar-refractivity contribution in [1.29, 1.82) is 0 Å². The first-order valence-corrected chi connectivity index (χ1v) is 6.98. The number of amides is 2. The highest BCUT2D eigenvalue weighted by Gasteiger charge is 2.35. The van der Waals surface area contributed by atoms with Crippen LogP contribution < -0.4 is 10.1 Å². The van der Waals surface area contributed by atoms with Crippen LogP contribution in [0.25, 0.3) is 0 Å². The predicted molar refractivity (Wildman–Crippen MR) is 77.0 cm³/mol. The molecule has 22 heavy (non-hydrogen) atoms. The standard InChI is InChI=1S/C15H19FN2O4/c1-15(2,18-7-8-21-14(18)20)10-17-13(19)9-22-12-5-3-11(16)4-6-12/h3-6H,7-10H2,1-2H3,(H,17,19). The third kappa shape index (κ3) is 4.09. The summed E-state index contributed by atoms with van der Waals surface area (Å²) in [5, 5.41) is 2.71. The Kier molecular flexibility index (Phi) is 4.85. The van der Waals surface area contributed by atoms with Crippen LogP contribution in [0.5, 0.6) is 5.75 Å². The first kappa shape index (κ1) is 16.1. The Morgan fingerprint density at radius 1 is 1.41 bits per heavy atom. The molecule has 0 atom stereocenters. The van der Waals surface area contributed by atoms with Gasteiger partial charge in [-0.3, -0.25) is 9.69 Å². The Balaban J connectivity index is 1.77. The molecule has 0 unspecified atom stereocenters. The molecule has 1 fully saturated rings. The van der Waals surface area contributed by atoms with Gasteiger partial charge in [0.15, 0.2) is 6.61 Å². The molecule has 0 saturated carbocycles. The molecule has 0 spiro atoms. The number of halogens is 1. The van der Waals surface area contributed by atoms with Gasteiger partial charge >= 0.3 is 6.09 Å². The molecule has 2 amide bonds. The van der Waals surface area contributed by atoms with Gasteiger partial charge in [0.2, 0.25) is 0 Å². The van der Waals surface area contributed by atoms with Gasteiger partial charge in [-0.1, -0.05) is 0 Å². The zero-order valence-electron chi connectivity index (χ0n) is 12.6. The number of carbonyl (C=O) groups is 2. The van der Waals surface area contributed by atoms with Crippen molar-refractivity contribution in [2.24, 2.45) is 0 Å². The third-order valence-electron chi connectivity index (χ3n) is 3.39. The van der Waals surface area contributed by atoms with E-state index in [1.54, 1.807) is 4.90 Å². The summed E-state index contributed by atoms with van der Waals surface area (Å²) in [6.07, 6.45) is -0.373. The first-order valence-electron chi connectivity index (χ1n) is 6.98. The summed E-state index contributed by atoms with van der Waals surface area (Å²) in [5.74, 6) is -0.264. The highest BCUT2D eigenvalue weighted by molar-refractivity contribution is 5.77. The third-order valence-corrected chi connectivity index (χ3v) is 3.39. The number of nitrogens with zero attached hydrogens (tertiary/aromatic N) is 1. The van der Waals surface area contributed by atoms with Crippen molar-refractivity contribution in [2.75, 3.05) is 26.3 Å². The number of ether oxygens (including phenoxy) is 2. The summed E-state index contributed by atoms with van der Waals surface area (Å²) in [4.78, 5) is 24.9. The second-order valence-electron chi connectivity index (χ2n) is 5.60. The van der Waals surface area contributed by atoms with Crippen LogP contribution >= 0.6 is 0 Å². The zero-order valence-corrected chi connectivity index (χ0v) is 12.6. The van der Waals surface area contributed by atoms with Gasteiger partial charge in [0.25, 0.3) is 5.91 Å². The Hall–Kier alpha value is -2.31. The maximum Gasteiger partial charge on any atom is 0.410 e. The lowest BCUT2D eigenvalue weighted by molar-refractivity contribution is -0.123. The lowest BCUT2D eigenvalue weighted by Gasteiger charge is -2.33. The Bertz CT molecular complexity index is 545. The SMILES string of the molecule is CC(C)(CNC(=O)COc1ccc(F)cc1)N1CCOC1=O. The molecule has 0 aromatic heterocycles. The van der Waals surface area contributed by atoms with Gasteiger partial charge in [-0.15, -0.1) is 0 Å². The predicted octanol–water partition coefficient (Wildman–Crippen LogP) is 1.55. The molecule has 0 radical (unpaired) electrons. The van der Waals surface area contributed by atoms with Gasteiger partial charge in [0, 0.05) is 6.54 Å². The highest BCUT2D eigenvalue weighted by Crippen LogP contribution is 2.18. The summed E-state index contributed by atoms with van der Waals surface area (Å²) < 4.78 is 22.9. The molecule has 6 nitrogen and oxygen atoms in total. The zero-order chi connectivity index (χ0) is 16.2. The lowest BCUT2D eigenvalue weighted by atomic mass is 10.0. The Labute approximate surface area is 128 Å².